The van der Waals surface area contributed by atoms with Crippen molar-refractivity contribution in [3.8, 4) is 0 Å². The summed E-state index contributed by atoms with van der Waals surface area (Å²) >= 11 is 0. The minimum atomic E-state index is -3.65. The van der Waals surface area contributed by atoms with Crippen molar-refractivity contribution in [1.82, 2.24) is 9.29 Å². The summed E-state index contributed by atoms with van der Waals surface area (Å²) < 4.78 is 31.6. The Kier molecular flexibility index (Phi) is 3.81. The van der Waals surface area contributed by atoms with Gasteiger partial charge < -0.3 is 10.2 Å². The summed E-state index contributed by atoms with van der Waals surface area (Å²) in [6.45, 7) is 2.90. The number of ether oxygens (including phenoxy) is 1. The van der Waals surface area contributed by atoms with Crippen molar-refractivity contribution in [2.24, 2.45) is 5.84 Å². The highest BCUT2D eigenvalue weighted by Gasteiger charge is 2.33. The number of hydrogen-bond acceptors (Lipinski definition) is 6. The second-order valence-electron chi connectivity index (χ2n) is 4.04. The number of sulfonamides is 1. The van der Waals surface area contributed by atoms with E-state index in [1.54, 1.807) is 19.1 Å². The molecule has 100 valence electrons. The van der Waals surface area contributed by atoms with Crippen LogP contribution in [-0.4, -0.2) is 43.5 Å². The van der Waals surface area contributed by atoms with Gasteiger partial charge in [0.05, 0.1) is 18.9 Å². The molecule has 1 saturated heterocycles. The van der Waals surface area contributed by atoms with E-state index in [0.717, 1.165) is 0 Å². The number of morpholine rings is 1. The zero-order chi connectivity index (χ0) is 13.2. The number of hydrazine groups is 1. The van der Waals surface area contributed by atoms with E-state index >= 15 is 0 Å². The summed E-state index contributed by atoms with van der Waals surface area (Å²) in [7, 11) is -3.65. The third kappa shape index (κ3) is 2.32. The van der Waals surface area contributed by atoms with Crippen LogP contribution in [0.1, 0.15) is 6.92 Å². The SMILES string of the molecule is CC1COCCN1S(=O)(=O)c1ncccc1NN. The van der Waals surface area contributed by atoms with E-state index in [9.17, 15) is 8.42 Å². The molecule has 1 atom stereocenters. The largest absolute Gasteiger partial charge is 0.378 e. The van der Waals surface area contributed by atoms with Crippen LogP contribution in [0.5, 0.6) is 0 Å². The quantitative estimate of drug-likeness (QED) is 0.583. The predicted molar refractivity (Wildman–Crippen MR) is 66.2 cm³/mol. The van der Waals surface area contributed by atoms with E-state index in [4.69, 9.17) is 10.6 Å². The van der Waals surface area contributed by atoms with Crippen molar-refractivity contribution in [1.29, 1.82) is 0 Å². The Morgan fingerprint density at radius 1 is 1.61 bits per heavy atom. The van der Waals surface area contributed by atoms with Gasteiger partial charge in [0.1, 0.15) is 0 Å². The van der Waals surface area contributed by atoms with Crippen LogP contribution in [0.3, 0.4) is 0 Å². The van der Waals surface area contributed by atoms with Gasteiger partial charge in [0.25, 0.3) is 10.0 Å². The molecule has 2 heterocycles. The van der Waals surface area contributed by atoms with Crippen molar-refractivity contribution in [2.75, 3.05) is 25.2 Å². The van der Waals surface area contributed by atoms with Crippen LogP contribution < -0.4 is 11.3 Å². The molecule has 2 rings (SSSR count). The number of nitrogen functional groups attached to an aromatic ring is 1. The Morgan fingerprint density at radius 3 is 3.06 bits per heavy atom. The number of pyridine rings is 1. The highest BCUT2D eigenvalue weighted by atomic mass is 32.2. The first-order valence-corrected chi connectivity index (χ1v) is 7.02. The molecule has 1 aliphatic rings. The Labute approximate surface area is 106 Å². The van der Waals surface area contributed by atoms with E-state index in [1.165, 1.54) is 10.5 Å². The van der Waals surface area contributed by atoms with Gasteiger partial charge in [-0.2, -0.15) is 4.31 Å². The predicted octanol–water partition coefficient (Wildman–Crippen LogP) is -0.223. The fourth-order valence-electron chi connectivity index (χ4n) is 1.89. The molecule has 0 amide bonds. The van der Waals surface area contributed by atoms with Gasteiger partial charge in [0, 0.05) is 18.8 Å². The fourth-order valence-corrected chi connectivity index (χ4v) is 3.56. The number of hydrogen-bond donors (Lipinski definition) is 2. The summed E-state index contributed by atoms with van der Waals surface area (Å²) in [6, 6.07) is 2.98. The second kappa shape index (κ2) is 5.19. The third-order valence-corrected chi connectivity index (χ3v) is 4.76. The van der Waals surface area contributed by atoms with Crippen LogP contribution >= 0.6 is 0 Å². The Balaban J connectivity index is 2.41. The van der Waals surface area contributed by atoms with E-state index in [-0.39, 0.29) is 16.8 Å². The Bertz CT molecular complexity index is 520. The number of nitrogens with one attached hydrogen (secondary N) is 1. The maximum absolute atomic E-state index is 12.5. The summed E-state index contributed by atoms with van der Waals surface area (Å²) in [4.78, 5) is 3.92. The lowest BCUT2D eigenvalue weighted by Crippen LogP contribution is -2.47. The maximum Gasteiger partial charge on any atom is 0.263 e. The molecule has 1 aliphatic heterocycles. The standard InChI is InChI=1S/C10H16N4O3S/c1-8-7-17-6-5-14(8)18(15,16)10-9(13-11)3-2-4-12-10/h2-4,8,13H,5-7,11H2,1H3. The third-order valence-electron chi connectivity index (χ3n) is 2.79. The lowest BCUT2D eigenvalue weighted by Gasteiger charge is -2.32. The van der Waals surface area contributed by atoms with Crippen molar-refractivity contribution < 1.29 is 13.2 Å². The molecule has 0 saturated carbocycles. The summed E-state index contributed by atoms with van der Waals surface area (Å²) in [5.41, 5.74) is 2.64. The molecule has 18 heavy (non-hydrogen) atoms. The normalized spacial score (nSPS) is 21.8. The molecule has 1 fully saturated rings. The number of anilines is 1. The van der Waals surface area contributed by atoms with Crippen LogP contribution in [0.4, 0.5) is 5.69 Å². The Morgan fingerprint density at radius 2 is 2.39 bits per heavy atom. The van der Waals surface area contributed by atoms with Crippen LogP contribution in [0.15, 0.2) is 23.4 Å². The molecule has 0 aliphatic carbocycles. The molecule has 0 bridgehead atoms. The number of nitrogens with zero attached hydrogens (tertiary/aromatic N) is 2. The van der Waals surface area contributed by atoms with E-state index < -0.39 is 10.0 Å². The molecule has 0 spiro atoms. The monoisotopic (exact) mass is 272 g/mol. The minimum absolute atomic E-state index is 0.0544. The first-order valence-electron chi connectivity index (χ1n) is 5.58. The van der Waals surface area contributed by atoms with Crippen molar-refractivity contribution in [3.05, 3.63) is 18.3 Å². The molecule has 7 nitrogen and oxygen atoms in total. The van der Waals surface area contributed by atoms with Gasteiger partial charge in [0.15, 0.2) is 5.03 Å². The molecule has 1 aromatic rings. The first kappa shape index (κ1) is 13.2. The lowest BCUT2D eigenvalue weighted by atomic mass is 10.3. The lowest BCUT2D eigenvalue weighted by molar-refractivity contribution is 0.0392. The smallest absolute Gasteiger partial charge is 0.263 e. The van der Waals surface area contributed by atoms with Crippen molar-refractivity contribution >= 4 is 15.7 Å². The molecular weight excluding hydrogens is 256 g/mol. The van der Waals surface area contributed by atoms with E-state index in [1.807, 2.05) is 0 Å². The average molecular weight is 272 g/mol. The molecule has 1 aromatic heterocycles. The zero-order valence-corrected chi connectivity index (χ0v) is 10.9. The van der Waals surface area contributed by atoms with Crippen LogP contribution in [-0.2, 0) is 14.8 Å². The highest BCUT2D eigenvalue weighted by Crippen LogP contribution is 2.24. The van der Waals surface area contributed by atoms with Crippen molar-refractivity contribution in [2.45, 2.75) is 18.0 Å². The van der Waals surface area contributed by atoms with Gasteiger partial charge in [-0.05, 0) is 19.1 Å². The number of aromatic nitrogens is 1. The van der Waals surface area contributed by atoms with Crippen LogP contribution in [0.2, 0.25) is 0 Å². The van der Waals surface area contributed by atoms with Gasteiger partial charge in [-0.25, -0.2) is 13.4 Å². The van der Waals surface area contributed by atoms with E-state index in [0.29, 0.717) is 19.8 Å². The minimum Gasteiger partial charge on any atom is -0.378 e. The fraction of sp³-hybridized carbons (Fsp3) is 0.500. The second-order valence-corrected chi connectivity index (χ2v) is 5.85. The topological polar surface area (TPSA) is 97.5 Å². The van der Waals surface area contributed by atoms with Gasteiger partial charge in [0.2, 0.25) is 0 Å². The molecule has 1 unspecified atom stereocenters. The molecule has 8 heteroatoms. The maximum atomic E-state index is 12.5. The molecule has 0 radical (unpaired) electrons. The van der Waals surface area contributed by atoms with Gasteiger partial charge in [-0.1, -0.05) is 0 Å². The first-order chi connectivity index (χ1) is 8.57. The van der Waals surface area contributed by atoms with E-state index in [2.05, 4.69) is 10.4 Å². The van der Waals surface area contributed by atoms with Crippen LogP contribution in [0, 0.1) is 0 Å². The summed E-state index contributed by atoms with van der Waals surface area (Å²) in [5, 5.41) is -0.0544. The highest BCUT2D eigenvalue weighted by molar-refractivity contribution is 7.89. The Hall–Kier alpha value is -1.22. The van der Waals surface area contributed by atoms with Gasteiger partial charge in [-0.3, -0.25) is 5.84 Å². The summed E-state index contributed by atoms with van der Waals surface area (Å²) in [5.74, 6) is 5.31. The number of rotatable bonds is 3. The zero-order valence-electron chi connectivity index (χ0n) is 10.0. The number of nitrogens with two attached hydrogens (primary N) is 1. The molecular formula is C10H16N4O3S. The molecule has 0 aromatic carbocycles. The summed E-state index contributed by atoms with van der Waals surface area (Å²) in [6.07, 6.45) is 1.43. The van der Waals surface area contributed by atoms with Gasteiger partial charge in [-0.15, -0.1) is 0 Å². The molecule has 3 N–H and O–H groups in total. The van der Waals surface area contributed by atoms with Crippen LogP contribution in [0.25, 0.3) is 0 Å². The van der Waals surface area contributed by atoms with Gasteiger partial charge >= 0.3 is 0 Å². The van der Waals surface area contributed by atoms with Crippen molar-refractivity contribution in [3.63, 3.8) is 0 Å². The average Bonchev–Trinajstić information content (AvgIpc) is 2.39.